The van der Waals surface area contributed by atoms with Crippen LogP contribution in [0.1, 0.15) is 18.4 Å². The molecule has 0 saturated heterocycles. The van der Waals surface area contributed by atoms with E-state index < -0.39 is 5.60 Å². The number of aliphatic hydroxyl groups is 1. The number of nitrogens with one attached hydrogen (secondary N) is 1. The first-order valence-electron chi connectivity index (χ1n) is 5.61. The molecule has 5 nitrogen and oxygen atoms in total. The summed E-state index contributed by atoms with van der Waals surface area (Å²) in [5.74, 6) is 0.367. The van der Waals surface area contributed by atoms with Crippen molar-refractivity contribution >= 4 is 23.2 Å². The Hall–Kier alpha value is -1.72. The van der Waals surface area contributed by atoms with Gasteiger partial charge in [0.25, 0.3) is 0 Å². The lowest BCUT2D eigenvalue weighted by atomic mass is 10.1. The zero-order valence-corrected chi connectivity index (χ0v) is 10.2. The van der Waals surface area contributed by atoms with Crippen LogP contribution in [0, 0.1) is 0 Å². The third kappa shape index (κ3) is 2.14. The fourth-order valence-electron chi connectivity index (χ4n) is 1.84. The molecule has 1 aromatic carbocycles. The summed E-state index contributed by atoms with van der Waals surface area (Å²) in [6.07, 6.45) is 2.90. The van der Waals surface area contributed by atoms with E-state index in [-0.39, 0.29) is 5.28 Å². The van der Waals surface area contributed by atoms with Crippen LogP contribution in [-0.2, 0) is 5.60 Å². The van der Waals surface area contributed by atoms with Crippen molar-refractivity contribution in [2.45, 2.75) is 18.4 Å². The van der Waals surface area contributed by atoms with E-state index in [9.17, 15) is 5.11 Å². The van der Waals surface area contributed by atoms with E-state index in [0.29, 0.717) is 5.95 Å². The van der Waals surface area contributed by atoms with Gasteiger partial charge < -0.3 is 10.4 Å². The number of para-hydroxylation sites is 1. The fraction of sp³-hybridized carbons (Fsp3) is 0.250. The highest BCUT2D eigenvalue weighted by molar-refractivity contribution is 6.28. The monoisotopic (exact) mass is 262 g/mol. The lowest BCUT2D eigenvalue weighted by Crippen LogP contribution is -2.09. The number of hydrogen-bond donors (Lipinski definition) is 2. The quantitative estimate of drug-likeness (QED) is 0.888. The highest BCUT2D eigenvalue weighted by atomic mass is 35.5. The SMILES string of the molecule is OC1(c2ccccc2Nc2ncnc(Cl)n2)CC1. The highest BCUT2D eigenvalue weighted by Gasteiger charge is 2.43. The highest BCUT2D eigenvalue weighted by Crippen LogP contribution is 2.48. The minimum absolute atomic E-state index is 0.134. The lowest BCUT2D eigenvalue weighted by Gasteiger charge is -2.14. The molecule has 2 aromatic rings. The number of benzene rings is 1. The summed E-state index contributed by atoms with van der Waals surface area (Å²) in [6.45, 7) is 0. The average Bonchev–Trinajstić information content (AvgIpc) is 3.09. The molecule has 1 aliphatic carbocycles. The molecule has 0 aliphatic heterocycles. The van der Waals surface area contributed by atoms with Gasteiger partial charge in [-0.1, -0.05) is 18.2 Å². The van der Waals surface area contributed by atoms with E-state index >= 15 is 0 Å². The molecule has 1 heterocycles. The van der Waals surface area contributed by atoms with E-state index in [1.54, 1.807) is 0 Å². The second kappa shape index (κ2) is 4.19. The molecule has 0 amide bonds. The van der Waals surface area contributed by atoms with Gasteiger partial charge in [-0.25, -0.2) is 9.97 Å². The van der Waals surface area contributed by atoms with E-state index in [4.69, 9.17) is 11.6 Å². The van der Waals surface area contributed by atoms with Gasteiger partial charge in [0.05, 0.1) is 5.60 Å². The van der Waals surface area contributed by atoms with Crippen LogP contribution in [-0.4, -0.2) is 20.1 Å². The van der Waals surface area contributed by atoms with Crippen LogP contribution in [0.5, 0.6) is 0 Å². The Balaban J connectivity index is 1.93. The Morgan fingerprint density at radius 2 is 2.00 bits per heavy atom. The molecule has 0 bridgehead atoms. The number of hydrogen-bond acceptors (Lipinski definition) is 5. The van der Waals surface area contributed by atoms with Gasteiger partial charge in [-0.2, -0.15) is 4.98 Å². The van der Waals surface area contributed by atoms with Gasteiger partial charge in [0.15, 0.2) is 0 Å². The Morgan fingerprint density at radius 1 is 1.22 bits per heavy atom. The summed E-state index contributed by atoms with van der Waals surface area (Å²) in [6, 6.07) is 7.57. The zero-order chi connectivity index (χ0) is 12.6. The molecule has 1 aliphatic rings. The van der Waals surface area contributed by atoms with E-state index in [2.05, 4.69) is 20.3 Å². The molecule has 6 heteroatoms. The second-order valence-electron chi connectivity index (χ2n) is 4.28. The van der Waals surface area contributed by atoms with Crippen molar-refractivity contribution in [1.29, 1.82) is 0 Å². The molecule has 18 heavy (non-hydrogen) atoms. The number of halogens is 1. The van der Waals surface area contributed by atoms with E-state index in [1.807, 2.05) is 24.3 Å². The van der Waals surface area contributed by atoms with Crippen LogP contribution in [0.4, 0.5) is 11.6 Å². The minimum Gasteiger partial charge on any atom is -0.385 e. The number of anilines is 2. The molecule has 0 radical (unpaired) electrons. The van der Waals surface area contributed by atoms with Crippen LogP contribution in [0.15, 0.2) is 30.6 Å². The van der Waals surface area contributed by atoms with Crippen molar-refractivity contribution in [3.05, 3.63) is 41.4 Å². The third-order valence-electron chi connectivity index (χ3n) is 2.94. The molecule has 1 aromatic heterocycles. The first-order valence-corrected chi connectivity index (χ1v) is 5.99. The predicted molar refractivity (Wildman–Crippen MR) is 67.7 cm³/mol. The van der Waals surface area contributed by atoms with Gasteiger partial charge >= 0.3 is 0 Å². The minimum atomic E-state index is -0.708. The Labute approximate surface area is 109 Å². The van der Waals surface area contributed by atoms with E-state index in [0.717, 1.165) is 24.1 Å². The fourth-order valence-corrected chi connectivity index (χ4v) is 1.97. The average molecular weight is 263 g/mol. The molecule has 92 valence electrons. The van der Waals surface area contributed by atoms with Gasteiger partial charge in [0.1, 0.15) is 6.33 Å². The Kier molecular flexibility index (Phi) is 2.65. The smallest absolute Gasteiger partial charge is 0.231 e. The second-order valence-corrected chi connectivity index (χ2v) is 4.62. The van der Waals surface area contributed by atoms with Crippen molar-refractivity contribution in [2.75, 3.05) is 5.32 Å². The maximum atomic E-state index is 10.2. The predicted octanol–water partition coefficient (Wildman–Crippen LogP) is 2.25. The summed E-state index contributed by atoms with van der Waals surface area (Å²) in [5.41, 5.74) is 0.946. The number of nitrogens with zero attached hydrogens (tertiary/aromatic N) is 3. The van der Waals surface area contributed by atoms with Gasteiger partial charge in [-0.15, -0.1) is 0 Å². The van der Waals surface area contributed by atoms with Crippen molar-refractivity contribution in [3.63, 3.8) is 0 Å². The van der Waals surface area contributed by atoms with Crippen LogP contribution < -0.4 is 5.32 Å². The first-order chi connectivity index (χ1) is 8.67. The Bertz CT molecular complexity index is 586. The maximum Gasteiger partial charge on any atom is 0.231 e. The normalized spacial score (nSPS) is 16.3. The summed E-state index contributed by atoms with van der Waals surface area (Å²) in [7, 11) is 0. The van der Waals surface area contributed by atoms with Crippen LogP contribution >= 0.6 is 11.6 Å². The van der Waals surface area contributed by atoms with Gasteiger partial charge in [-0.05, 0) is 30.5 Å². The van der Waals surface area contributed by atoms with Crippen molar-refractivity contribution in [1.82, 2.24) is 15.0 Å². The molecule has 2 N–H and O–H groups in total. The molecule has 0 spiro atoms. The van der Waals surface area contributed by atoms with Gasteiger partial charge in [0.2, 0.25) is 11.2 Å². The van der Waals surface area contributed by atoms with Crippen LogP contribution in [0.2, 0.25) is 5.28 Å². The third-order valence-corrected chi connectivity index (χ3v) is 3.12. The largest absolute Gasteiger partial charge is 0.385 e. The maximum absolute atomic E-state index is 10.2. The summed E-state index contributed by atoms with van der Waals surface area (Å²) < 4.78 is 0. The van der Waals surface area contributed by atoms with Gasteiger partial charge in [-0.3, -0.25) is 0 Å². The van der Waals surface area contributed by atoms with Crippen molar-refractivity contribution < 1.29 is 5.11 Å². The van der Waals surface area contributed by atoms with Crippen LogP contribution in [0.3, 0.4) is 0 Å². The standard InChI is InChI=1S/C12H11ClN4O/c13-10-14-7-15-11(17-10)16-9-4-2-1-3-8(9)12(18)5-6-12/h1-4,7,18H,5-6H2,(H,14,15,16,17). The Morgan fingerprint density at radius 3 is 2.72 bits per heavy atom. The van der Waals surface area contributed by atoms with Crippen LogP contribution in [0.25, 0.3) is 0 Å². The molecular weight excluding hydrogens is 252 g/mol. The molecule has 0 unspecified atom stereocenters. The van der Waals surface area contributed by atoms with Crippen molar-refractivity contribution in [3.8, 4) is 0 Å². The topological polar surface area (TPSA) is 70.9 Å². The first kappa shape index (κ1) is 11.4. The summed E-state index contributed by atoms with van der Waals surface area (Å²) in [5, 5.41) is 13.4. The molecule has 3 rings (SSSR count). The lowest BCUT2D eigenvalue weighted by molar-refractivity contribution is 0.152. The summed E-state index contributed by atoms with van der Waals surface area (Å²) in [4.78, 5) is 11.7. The molecular formula is C12H11ClN4O. The molecule has 1 saturated carbocycles. The molecule has 0 atom stereocenters. The zero-order valence-electron chi connectivity index (χ0n) is 9.47. The summed E-state index contributed by atoms with van der Waals surface area (Å²) >= 11 is 5.70. The number of aromatic nitrogens is 3. The van der Waals surface area contributed by atoms with Crippen molar-refractivity contribution in [2.24, 2.45) is 0 Å². The number of rotatable bonds is 3. The molecule has 1 fully saturated rings. The van der Waals surface area contributed by atoms with E-state index in [1.165, 1.54) is 6.33 Å². The van der Waals surface area contributed by atoms with Gasteiger partial charge in [0, 0.05) is 11.3 Å².